The van der Waals surface area contributed by atoms with Crippen LogP contribution in [0, 0.1) is 6.92 Å². The third kappa shape index (κ3) is 4.11. The van der Waals surface area contributed by atoms with Crippen LogP contribution in [0.1, 0.15) is 43.2 Å². The summed E-state index contributed by atoms with van der Waals surface area (Å²) >= 11 is 1.65. The van der Waals surface area contributed by atoms with Crippen LogP contribution in [0.5, 0.6) is 0 Å². The van der Waals surface area contributed by atoms with Gasteiger partial charge in [0.1, 0.15) is 0 Å². The molecule has 1 aromatic carbocycles. The van der Waals surface area contributed by atoms with Gasteiger partial charge in [-0.2, -0.15) is 11.3 Å². The van der Waals surface area contributed by atoms with Crippen molar-refractivity contribution in [1.29, 1.82) is 0 Å². The maximum Gasteiger partial charge on any atom is 0.251 e. The summed E-state index contributed by atoms with van der Waals surface area (Å²) in [5.41, 5.74) is 3.34. The molecule has 1 amide bonds. The minimum atomic E-state index is 0.0934. The van der Waals surface area contributed by atoms with Crippen LogP contribution in [0.4, 0.5) is 5.69 Å². The molecule has 0 saturated heterocycles. The SMILES string of the molecule is Cc1ccc(/C=C/C(=O)N(c2ccsc2)C2CCCCC2)cc1. The molecule has 0 bridgehead atoms. The minimum Gasteiger partial charge on any atom is -0.305 e. The highest BCUT2D eigenvalue weighted by Crippen LogP contribution is 2.29. The average molecular weight is 325 g/mol. The maximum atomic E-state index is 12.8. The summed E-state index contributed by atoms with van der Waals surface area (Å²) in [4.78, 5) is 14.8. The molecular formula is C20H23NOS. The van der Waals surface area contributed by atoms with Gasteiger partial charge in [0.05, 0.1) is 5.69 Å². The highest BCUT2D eigenvalue weighted by molar-refractivity contribution is 7.08. The minimum absolute atomic E-state index is 0.0934. The number of anilines is 1. The van der Waals surface area contributed by atoms with Crippen molar-refractivity contribution < 1.29 is 4.79 Å². The van der Waals surface area contributed by atoms with Gasteiger partial charge in [0.2, 0.25) is 0 Å². The third-order valence-corrected chi connectivity index (χ3v) is 5.13. The van der Waals surface area contributed by atoms with Crippen molar-refractivity contribution in [3.05, 3.63) is 58.3 Å². The summed E-state index contributed by atoms with van der Waals surface area (Å²) in [6.45, 7) is 2.07. The number of thiophene rings is 1. The summed E-state index contributed by atoms with van der Waals surface area (Å²) in [6.07, 6.45) is 9.60. The van der Waals surface area contributed by atoms with Crippen LogP contribution in [0.25, 0.3) is 6.08 Å². The van der Waals surface area contributed by atoms with E-state index in [1.807, 2.05) is 16.4 Å². The maximum absolute atomic E-state index is 12.8. The predicted octanol–water partition coefficient (Wildman–Crippen LogP) is 5.44. The van der Waals surface area contributed by atoms with E-state index in [2.05, 4.69) is 42.6 Å². The molecule has 23 heavy (non-hydrogen) atoms. The Bertz CT molecular complexity index is 651. The second kappa shape index (κ2) is 7.60. The monoisotopic (exact) mass is 325 g/mol. The fraction of sp³-hybridized carbons (Fsp3) is 0.350. The Morgan fingerprint density at radius 2 is 1.87 bits per heavy atom. The standard InChI is InChI=1S/C20H23NOS/c1-16-7-9-17(10-8-16)11-12-20(22)21(19-13-14-23-15-19)18-5-3-2-4-6-18/h7-15,18H,2-6H2,1H3/b12-11+. The van der Waals surface area contributed by atoms with E-state index in [1.165, 1.54) is 24.8 Å². The fourth-order valence-electron chi connectivity index (χ4n) is 3.18. The van der Waals surface area contributed by atoms with Gasteiger partial charge in [-0.3, -0.25) is 4.79 Å². The first-order valence-corrected chi connectivity index (χ1v) is 9.28. The zero-order valence-corrected chi connectivity index (χ0v) is 14.4. The number of nitrogens with zero attached hydrogens (tertiary/aromatic N) is 1. The van der Waals surface area contributed by atoms with Crippen LogP contribution in [0.2, 0.25) is 0 Å². The molecule has 1 aliphatic rings. The summed E-state index contributed by atoms with van der Waals surface area (Å²) in [7, 11) is 0. The molecule has 3 heteroatoms. The van der Waals surface area contributed by atoms with E-state index in [4.69, 9.17) is 0 Å². The molecule has 0 atom stereocenters. The first-order chi connectivity index (χ1) is 11.2. The molecule has 1 aliphatic carbocycles. The van der Waals surface area contributed by atoms with E-state index < -0.39 is 0 Å². The molecular weight excluding hydrogens is 302 g/mol. The number of rotatable bonds is 4. The van der Waals surface area contributed by atoms with Crippen molar-refractivity contribution in [3.63, 3.8) is 0 Å². The van der Waals surface area contributed by atoms with Gasteiger partial charge in [-0.05, 0) is 42.9 Å². The number of hydrogen-bond donors (Lipinski definition) is 0. The Morgan fingerprint density at radius 3 is 2.52 bits per heavy atom. The lowest BCUT2D eigenvalue weighted by atomic mass is 9.94. The second-order valence-electron chi connectivity index (χ2n) is 6.23. The molecule has 0 N–H and O–H groups in total. The number of aryl methyl sites for hydroxylation is 1. The van der Waals surface area contributed by atoms with Crippen molar-refractivity contribution in [1.82, 2.24) is 0 Å². The van der Waals surface area contributed by atoms with Crippen molar-refractivity contribution >= 4 is 29.0 Å². The summed E-state index contributed by atoms with van der Waals surface area (Å²) < 4.78 is 0. The lowest BCUT2D eigenvalue weighted by Crippen LogP contribution is -2.40. The lowest BCUT2D eigenvalue weighted by molar-refractivity contribution is -0.114. The molecule has 2 nitrogen and oxygen atoms in total. The number of carbonyl (C=O) groups excluding carboxylic acids is 1. The van der Waals surface area contributed by atoms with E-state index in [0.717, 1.165) is 24.1 Å². The molecule has 3 rings (SSSR count). The van der Waals surface area contributed by atoms with Gasteiger partial charge >= 0.3 is 0 Å². The molecule has 0 aliphatic heterocycles. The second-order valence-corrected chi connectivity index (χ2v) is 7.01. The van der Waals surface area contributed by atoms with Gasteiger partial charge < -0.3 is 4.90 Å². The Morgan fingerprint density at radius 1 is 1.13 bits per heavy atom. The number of amides is 1. The van der Waals surface area contributed by atoms with Crippen LogP contribution in [-0.2, 0) is 4.79 Å². The highest BCUT2D eigenvalue weighted by atomic mass is 32.1. The van der Waals surface area contributed by atoms with Crippen LogP contribution in [0.15, 0.2) is 47.2 Å². The number of benzene rings is 1. The molecule has 0 spiro atoms. The topological polar surface area (TPSA) is 20.3 Å². The van der Waals surface area contributed by atoms with Crippen LogP contribution < -0.4 is 4.90 Å². The lowest BCUT2D eigenvalue weighted by Gasteiger charge is -2.33. The molecule has 1 heterocycles. The molecule has 120 valence electrons. The Hall–Kier alpha value is -1.87. The van der Waals surface area contributed by atoms with Crippen molar-refractivity contribution in [2.24, 2.45) is 0 Å². The largest absolute Gasteiger partial charge is 0.305 e. The van der Waals surface area contributed by atoms with Gasteiger partial charge in [-0.1, -0.05) is 49.1 Å². The summed E-state index contributed by atoms with van der Waals surface area (Å²) in [5, 5.41) is 4.12. The van der Waals surface area contributed by atoms with Gasteiger partial charge in [-0.25, -0.2) is 0 Å². The third-order valence-electron chi connectivity index (χ3n) is 4.46. The molecule has 1 saturated carbocycles. The number of carbonyl (C=O) groups is 1. The average Bonchev–Trinajstić information content (AvgIpc) is 3.10. The van der Waals surface area contributed by atoms with Gasteiger partial charge in [0, 0.05) is 17.5 Å². The Kier molecular flexibility index (Phi) is 5.29. The molecule has 1 aromatic heterocycles. The smallest absolute Gasteiger partial charge is 0.251 e. The van der Waals surface area contributed by atoms with Crippen LogP contribution in [0.3, 0.4) is 0 Å². The van der Waals surface area contributed by atoms with Crippen molar-refractivity contribution in [3.8, 4) is 0 Å². The van der Waals surface area contributed by atoms with Crippen LogP contribution >= 0.6 is 11.3 Å². The fourth-order valence-corrected chi connectivity index (χ4v) is 3.81. The van der Waals surface area contributed by atoms with E-state index in [1.54, 1.807) is 17.4 Å². The van der Waals surface area contributed by atoms with Gasteiger partial charge in [0.15, 0.2) is 0 Å². The first-order valence-electron chi connectivity index (χ1n) is 8.34. The highest BCUT2D eigenvalue weighted by Gasteiger charge is 2.25. The summed E-state index contributed by atoms with van der Waals surface area (Å²) in [5.74, 6) is 0.0934. The first kappa shape index (κ1) is 16.0. The quantitative estimate of drug-likeness (QED) is 0.686. The zero-order valence-electron chi connectivity index (χ0n) is 13.6. The van der Waals surface area contributed by atoms with E-state index in [-0.39, 0.29) is 5.91 Å². The zero-order chi connectivity index (χ0) is 16.1. The molecule has 1 fully saturated rings. The van der Waals surface area contributed by atoms with E-state index >= 15 is 0 Å². The molecule has 0 unspecified atom stereocenters. The van der Waals surface area contributed by atoms with Gasteiger partial charge in [0.25, 0.3) is 5.91 Å². The van der Waals surface area contributed by atoms with Crippen molar-refractivity contribution in [2.45, 2.75) is 45.1 Å². The summed E-state index contributed by atoms with van der Waals surface area (Å²) in [6, 6.07) is 10.6. The Balaban J connectivity index is 1.78. The molecule has 0 radical (unpaired) electrons. The van der Waals surface area contributed by atoms with Crippen LogP contribution in [-0.4, -0.2) is 11.9 Å². The van der Waals surface area contributed by atoms with E-state index in [9.17, 15) is 4.79 Å². The Labute approximate surface area is 142 Å². The predicted molar refractivity (Wildman–Crippen MR) is 98.9 cm³/mol. The van der Waals surface area contributed by atoms with E-state index in [0.29, 0.717) is 6.04 Å². The van der Waals surface area contributed by atoms with Gasteiger partial charge in [-0.15, -0.1) is 0 Å². The molecule has 2 aromatic rings. The van der Waals surface area contributed by atoms with Crippen molar-refractivity contribution in [2.75, 3.05) is 4.90 Å². The number of hydrogen-bond acceptors (Lipinski definition) is 2. The normalized spacial score (nSPS) is 15.9.